The largest absolute Gasteiger partial charge is 0.308 e. The maximum atomic E-state index is 13.5. The molecule has 0 N–H and O–H groups in total. The molecule has 0 aliphatic carbocycles. The summed E-state index contributed by atoms with van der Waals surface area (Å²) in [5.74, 6) is -0.574. The number of amides is 3. The molecule has 0 saturated carbocycles. The van der Waals surface area contributed by atoms with Crippen LogP contribution in [0.25, 0.3) is 10.2 Å². The molecule has 1 aliphatic rings. The summed E-state index contributed by atoms with van der Waals surface area (Å²) in [4.78, 5) is 47.2. The number of hydrogen-bond donors (Lipinski definition) is 0. The van der Waals surface area contributed by atoms with E-state index in [0.29, 0.717) is 29.5 Å². The van der Waals surface area contributed by atoms with Gasteiger partial charge in [-0.05, 0) is 69.4 Å². The van der Waals surface area contributed by atoms with E-state index in [9.17, 15) is 14.4 Å². The van der Waals surface area contributed by atoms with Crippen molar-refractivity contribution in [2.75, 3.05) is 37.0 Å². The number of halogens is 1. The fraction of sp³-hybridized carbons (Fsp3) is 0.333. The fourth-order valence-electron chi connectivity index (χ4n) is 3.69. The Morgan fingerprint density at radius 1 is 1.00 bits per heavy atom. The molecular weight excluding hydrogens is 460 g/mol. The minimum atomic E-state index is -0.207. The van der Waals surface area contributed by atoms with Gasteiger partial charge in [-0.25, -0.2) is 4.98 Å². The number of imide groups is 1. The third-order valence-electron chi connectivity index (χ3n) is 5.74. The Hall–Kier alpha value is -2.81. The normalized spacial score (nSPS) is 13.7. The zero-order valence-electron chi connectivity index (χ0n) is 19.1. The molecule has 1 aromatic heterocycles. The summed E-state index contributed by atoms with van der Waals surface area (Å²) < 4.78 is 1.05. The summed E-state index contributed by atoms with van der Waals surface area (Å²) in [5.41, 5.74) is 4.20. The van der Waals surface area contributed by atoms with Gasteiger partial charge in [-0.15, -0.1) is 12.4 Å². The number of thiazole rings is 1. The van der Waals surface area contributed by atoms with Crippen molar-refractivity contribution >= 4 is 62.5 Å². The molecule has 9 heteroatoms. The van der Waals surface area contributed by atoms with E-state index >= 15 is 0 Å². The molecule has 0 radical (unpaired) electrons. The highest BCUT2D eigenvalue weighted by Crippen LogP contribution is 2.33. The molecule has 0 unspecified atom stereocenters. The first kappa shape index (κ1) is 24.8. The van der Waals surface area contributed by atoms with Crippen LogP contribution in [-0.2, 0) is 9.59 Å². The van der Waals surface area contributed by atoms with Crippen molar-refractivity contribution in [3.63, 3.8) is 0 Å². The first-order valence-electron chi connectivity index (χ1n) is 10.6. The topological polar surface area (TPSA) is 73.8 Å². The molecule has 4 rings (SSSR count). The molecule has 1 saturated heterocycles. The van der Waals surface area contributed by atoms with E-state index in [1.54, 1.807) is 29.2 Å². The zero-order chi connectivity index (χ0) is 23.0. The van der Waals surface area contributed by atoms with E-state index in [1.807, 2.05) is 32.0 Å². The van der Waals surface area contributed by atoms with Crippen LogP contribution in [0.2, 0.25) is 0 Å². The Morgan fingerprint density at radius 2 is 1.64 bits per heavy atom. The highest BCUT2D eigenvalue weighted by Gasteiger charge is 2.30. The van der Waals surface area contributed by atoms with Crippen molar-refractivity contribution in [1.29, 1.82) is 0 Å². The minimum Gasteiger partial charge on any atom is -0.308 e. The summed E-state index contributed by atoms with van der Waals surface area (Å²) in [7, 11) is 3.93. The number of nitrogens with zero attached hydrogens (tertiary/aromatic N) is 4. The van der Waals surface area contributed by atoms with E-state index < -0.39 is 0 Å². The molecule has 0 atom stereocenters. The number of likely N-dealkylation sites (N-methyl/N-ethyl adjacent to an activating group) is 1. The van der Waals surface area contributed by atoms with Gasteiger partial charge >= 0.3 is 0 Å². The van der Waals surface area contributed by atoms with E-state index in [4.69, 9.17) is 4.98 Å². The molecule has 2 aromatic carbocycles. The molecule has 1 aliphatic heterocycles. The fourth-order valence-corrected chi connectivity index (χ4v) is 4.74. The van der Waals surface area contributed by atoms with Crippen LogP contribution in [0.4, 0.5) is 10.8 Å². The van der Waals surface area contributed by atoms with Gasteiger partial charge in [-0.1, -0.05) is 17.4 Å². The van der Waals surface area contributed by atoms with Gasteiger partial charge in [0.2, 0.25) is 11.8 Å². The summed E-state index contributed by atoms with van der Waals surface area (Å²) in [5, 5.41) is 0.662. The van der Waals surface area contributed by atoms with Crippen LogP contribution in [0.3, 0.4) is 0 Å². The summed E-state index contributed by atoms with van der Waals surface area (Å²) >= 11 is 1.50. The number of aryl methyl sites for hydroxylation is 2. The number of aromatic nitrogens is 1. The molecule has 174 valence electrons. The minimum absolute atomic E-state index is 0. The van der Waals surface area contributed by atoms with E-state index in [1.165, 1.54) is 21.8 Å². The number of benzene rings is 2. The Kier molecular flexibility index (Phi) is 7.51. The quantitative estimate of drug-likeness (QED) is 0.488. The van der Waals surface area contributed by atoms with Crippen LogP contribution >= 0.6 is 23.7 Å². The van der Waals surface area contributed by atoms with Gasteiger partial charge < -0.3 is 4.90 Å². The van der Waals surface area contributed by atoms with Gasteiger partial charge in [-0.2, -0.15) is 0 Å². The van der Waals surface area contributed by atoms with Gasteiger partial charge in [0.1, 0.15) is 0 Å². The molecule has 1 fully saturated rings. The molecule has 3 amide bonds. The van der Waals surface area contributed by atoms with E-state index in [0.717, 1.165) is 15.8 Å². The number of anilines is 2. The SMILES string of the molecule is Cc1ccc2sc(N(CCN(C)C)C(=O)c3ccc(N4C(=O)CCC4=O)cc3)nc2c1C.Cl. The van der Waals surface area contributed by atoms with Crippen LogP contribution in [0, 0.1) is 13.8 Å². The monoisotopic (exact) mass is 486 g/mol. The molecular formula is C24H27ClN4O3S. The Balaban J connectivity index is 0.00000306. The van der Waals surface area contributed by atoms with Gasteiger partial charge in [0, 0.05) is 31.5 Å². The number of carbonyl (C=O) groups excluding carboxylic acids is 3. The highest BCUT2D eigenvalue weighted by molar-refractivity contribution is 7.22. The average molecular weight is 487 g/mol. The number of carbonyl (C=O) groups is 3. The van der Waals surface area contributed by atoms with Crippen molar-refractivity contribution < 1.29 is 14.4 Å². The Bertz CT molecular complexity index is 1190. The van der Waals surface area contributed by atoms with Crippen molar-refractivity contribution in [2.24, 2.45) is 0 Å². The molecule has 2 heterocycles. The standard InChI is InChI=1S/C24H26N4O3S.ClH/c1-15-5-10-19-22(16(15)2)25-24(32-19)27(14-13-26(3)4)23(31)17-6-8-18(9-7-17)28-20(29)11-12-21(28)30;/h5-10H,11-14H2,1-4H3;1H. The predicted molar refractivity (Wildman–Crippen MR) is 135 cm³/mol. The van der Waals surface area contributed by atoms with Crippen LogP contribution < -0.4 is 9.80 Å². The predicted octanol–water partition coefficient (Wildman–Crippen LogP) is 4.20. The first-order valence-corrected chi connectivity index (χ1v) is 11.4. The summed E-state index contributed by atoms with van der Waals surface area (Å²) in [6, 6.07) is 10.8. The van der Waals surface area contributed by atoms with Crippen molar-refractivity contribution in [3.05, 3.63) is 53.1 Å². The molecule has 7 nitrogen and oxygen atoms in total. The lowest BCUT2D eigenvalue weighted by Gasteiger charge is -2.22. The third kappa shape index (κ3) is 4.93. The zero-order valence-corrected chi connectivity index (χ0v) is 20.8. The van der Waals surface area contributed by atoms with Crippen molar-refractivity contribution in [3.8, 4) is 0 Å². The number of rotatable bonds is 6. The molecule has 0 bridgehead atoms. The van der Waals surface area contributed by atoms with Crippen molar-refractivity contribution in [2.45, 2.75) is 26.7 Å². The number of fused-ring (bicyclic) bond motifs is 1. The van der Waals surface area contributed by atoms with Crippen LogP contribution in [0.1, 0.15) is 34.3 Å². The highest BCUT2D eigenvalue weighted by atomic mass is 35.5. The second kappa shape index (κ2) is 9.99. The lowest BCUT2D eigenvalue weighted by atomic mass is 10.1. The van der Waals surface area contributed by atoms with E-state index in [-0.39, 0.29) is 43.0 Å². The van der Waals surface area contributed by atoms with Gasteiger partial charge in [0.05, 0.1) is 15.9 Å². The second-order valence-electron chi connectivity index (χ2n) is 8.28. The van der Waals surface area contributed by atoms with Gasteiger partial charge in [0.15, 0.2) is 5.13 Å². The number of hydrogen-bond acceptors (Lipinski definition) is 6. The molecule has 3 aromatic rings. The Labute approximate surface area is 203 Å². The van der Waals surface area contributed by atoms with Crippen LogP contribution in [0.15, 0.2) is 36.4 Å². The van der Waals surface area contributed by atoms with E-state index in [2.05, 4.69) is 13.0 Å². The lowest BCUT2D eigenvalue weighted by Crippen LogP contribution is -2.36. The first-order chi connectivity index (χ1) is 15.3. The third-order valence-corrected chi connectivity index (χ3v) is 6.79. The smallest absolute Gasteiger partial charge is 0.260 e. The average Bonchev–Trinajstić information content (AvgIpc) is 3.34. The van der Waals surface area contributed by atoms with Gasteiger partial charge in [-0.3, -0.25) is 24.2 Å². The maximum absolute atomic E-state index is 13.5. The summed E-state index contributed by atoms with van der Waals surface area (Å²) in [6.07, 6.45) is 0.461. The van der Waals surface area contributed by atoms with Gasteiger partial charge in [0.25, 0.3) is 5.91 Å². The maximum Gasteiger partial charge on any atom is 0.260 e. The van der Waals surface area contributed by atoms with Crippen LogP contribution in [0.5, 0.6) is 0 Å². The Morgan fingerprint density at radius 3 is 2.24 bits per heavy atom. The van der Waals surface area contributed by atoms with Crippen molar-refractivity contribution in [1.82, 2.24) is 9.88 Å². The molecule has 0 spiro atoms. The van der Waals surface area contributed by atoms with Crippen LogP contribution in [-0.4, -0.2) is 54.8 Å². The second-order valence-corrected chi connectivity index (χ2v) is 9.29. The molecule has 33 heavy (non-hydrogen) atoms. The summed E-state index contributed by atoms with van der Waals surface area (Å²) in [6.45, 7) is 5.29. The lowest BCUT2D eigenvalue weighted by molar-refractivity contribution is -0.121.